The van der Waals surface area contributed by atoms with Crippen LogP contribution in [0.4, 0.5) is 5.13 Å². The molecule has 4 aromatic rings. The fourth-order valence-corrected chi connectivity index (χ4v) is 7.18. The Morgan fingerprint density at radius 3 is 2.62 bits per heavy atom. The molecule has 0 spiro atoms. The van der Waals surface area contributed by atoms with Gasteiger partial charge in [-0.1, -0.05) is 52.7 Å². The van der Waals surface area contributed by atoms with Crippen molar-refractivity contribution >= 4 is 61.8 Å². The average Bonchev–Trinajstić information content (AvgIpc) is 3.52. The zero-order valence-corrected chi connectivity index (χ0v) is 24.3. The number of carbonyl (C=O) groups is 2. The summed E-state index contributed by atoms with van der Waals surface area (Å²) in [5.74, 6) is -0.753. The molecule has 0 bridgehead atoms. The number of hydrogen-bond acceptors (Lipinski definition) is 8. The van der Waals surface area contributed by atoms with Crippen LogP contribution in [0.3, 0.4) is 0 Å². The Kier molecular flexibility index (Phi) is 7.23. The maximum absolute atomic E-state index is 13.7. The number of nitrogens with zero attached hydrogens (tertiary/aromatic N) is 3. The minimum Gasteiger partial charge on any atom is -0.478 e. The Morgan fingerprint density at radius 1 is 1.20 bits per heavy atom. The second-order valence-electron chi connectivity index (χ2n) is 10.4. The number of aromatic nitrogens is 2. The van der Waals surface area contributed by atoms with Crippen molar-refractivity contribution in [2.75, 3.05) is 11.4 Å². The summed E-state index contributed by atoms with van der Waals surface area (Å²) in [6.07, 6.45) is 3.67. The van der Waals surface area contributed by atoms with Crippen molar-refractivity contribution < 1.29 is 24.0 Å². The van der Waals surface area contributed by atoms with Crippen molar-refractivity contribution in [3.63, 3.8) is 0 Å². The molecule has 1 saturated carbocycles. The molecular weight excluding hydrogens is 573 g/mol. The molecule has 2 atom stereocenters. The molecule has 2 fully saturated rings. The molecule has 2 aromatic heterocycles. The highest BCUT2D eigenvalue weighted by molar-refractivity contribution is 7.22. The number of esters is 1. The summed E-state index contributed by atoms with van der Waals surface area (Å²) >= 11 is 14.4. The van der Waals surface area contributed by atoms with Crippen LogP contribution >= 0.6 is 34.5 Å². The Hall–Kier alpha value is -3.14. The summed E-state index contributed by atoms with van der Waals surface area (Å²) in [6, 6.07) is 8.59. The smallest absolute Gasteiger partial charge is 0.344 e. The summed E-state index contributed by atoms with van der Waals surface area (Å²) < 4.78 is 12.6. The standard InChI is InChI=1S/C29H27Cl2N3O5S/c1-3-17-13-18(9-10-34(17)29-32-24-14(2)11-16(27(35)36)12-21(24)40-29)38-28(37)23-25(33-39-26(23)15-7-8-15)22-19(30)5-4-6-20(22)31/h4-6,11-12,15,17-18H,3,7-10,13H2,1-2H3,(H,35,36)/t17-,18-/m1/s1. The third kappa shape index (κ3) is 4.95. The van der Waals surface area contributed by atoms with Crippen molar-refractivity contribution in [3.05, 3.63) is 62.8 Å². The molecule has 3 heterocycles. The first kappa shape index (κ1) is 27.1. The maximum Gasteiger partial charge on any atom is 0.344 e. The fourth-order valence-electron chi connectivity index (χ4n) is 5.42. The number of aryl methyl sites for hydroxylation is 1. The van der Waals surface area contributed by atoms with Crippen molar-refractivity contribution in [1.29, 1.82) is 0 Å². The lowest BCUT2D eigenvalue weighted by Gasteiger charge is -2.38. The van der Waals surface area contributed by atoms with Gasteiger partial charge in [-0.25, -0.2) is 14.6 Å². The van der Waals surface area contributed by atoms with E-state index in [1.807, 2.05) is 6.92 Å². The van der Waals surface area contributed by atoms with Crippen LogP contribution in [-0.2, 0) is 4.74 Å². The van der Waals surface area contributed by atoms with Crippen LogP contribution in [0.5, 0.6) is 0 Å². The molecule has 11 heteroatoms. The third-order valence-corrected chi connectivity index (χ3v) is 9.32. The first-order chi connectivity index (χ1) is 19.2. The van der Waals surface area contributed by atoms with Crippen molar-refractivity contribution in [2.24, 2.45) is 0 Å². The SMILES string of the molecule is CC[C@@H]1C[C@H](OC(=O)c2c(-c3c(Cl)cccc3Cl)noc2C2CC2)CCN1c1nc2c(C)cc(C(=O)O)cc2s1. The van der Waals surface area contributed by atoms with E-state index in [0.717, 1.165) is 40.2 Å². The molecule has 0 unspecified atom stereocenters. The number of halogens is 2. The van der Waals surface area contributed by atoms with Crippen LogP contribution < -0.4 is 4.90 Å². The maximum atomic E-state index is 13.7. The lowest BCUT2D eigenvalue weighted by molar-refractivity contribution is 0.0206. The second-order valence-corrected chi connectivity index (χ2v) is 12.2. The average molecular weight is 601 g/mol. The van der Waals surface area contributed by atoms with E-state index in [1.165, 1.54) is 11.3 Å². The van der Waals surface area contributed by atoms with Gasteiger partial charge in [0.05, 0.1) is 25.8 Å². The summed E-state index contributed by atoms with van der Waals surface area (Å²) in [7, 11) is 0. The first-order valence-electron chi connectivity index (χ1n) is 13.3. The molecule has 2 aliphatic rings. The number of benzene rings is 2. The number of carbonyl (C=O) groups excluding carboxylic acids is 1. The van der Waals surface area contributed by atoms with Crippen LogP contribution in [0.2, 0.25) is 10.0 Å². The van der Waals surface area contributed by atoms with Gasteiger partial charge in [0, 0.05) is 36.9 Å². The number of rotatable bonds is 7. The molecule has 0 radical (unpaired) electrons. The molecule has 8 nitrogen and oxygen atoms in total. The molecule has 40 heavy (non-hydrogen) atoms. The predicted molar refractivity (Wildman–Crippen MR) is 155 cm³/mol. The van der Waals surface area contributed by atoms with Gasteiger partial charge in [-0.05, 0) is 56.0 Å². The molecule has 1 aliphatic carbocycles. The number of thiazole rings is 1. The van der Waals surface area contributed by atoms with E-state index in [9.17, 15) is 14.7 Å². The third-order valence-electron chi connectivity index (χ3n) is 7.65. The lowest BCUT2D eigenvalue weighted by Crippen LogP contribution is -2.45. The normalized spacial score (nSPS) is 19.2. The Balaban J connectivity index is 1.24. The number of piperidine rings is 1. The number of ether oxygens (including phenoxy) is 1. The van der Waals surface area contributed by atoms with Gasteiger partial charge in [0.1, 0.15) is 17.4 Å². The Bertz CT molecular complexity index is 1610. The van der Waals surface area contributed by atoms with Gasteiger partial charge in [-0.15, -0.1) is 0 Å². The van der Waals surface area contributed by atoms with Gasteiger partial charge in [-0.2, -0.15) is 0 Å². The predicted octanol–water partition coefficient (Wildman–Crippen LogP) is 7.75. The minimum atomic E-state index is -0.952. The molecular formula is C29H27Cl2N3O5S. The molecule has 2 aromatic carbocycles. The van der Waals surface area contributed by atoms with Gasteiger partial charge in [0.15, 0.2) is 10.9 Å². The van der Waals surface area contributed by atoms with Crippen LogP contribution in [-0.4, -0.2) is 45.9 Å². The zero-order valence-electron chi connectivity index (χ0n) is 21.9. The van der Waals surface area contributed by atoms with E-state index < -0.39 is 11.9 Å². The molecule has 1 N–H and O–H groups in total. The first-order valence-corrected chi connectivity index (χ1v) is 14.9. The van der Waals surface area contributed by atoms with E-state index >= 15 is 0 Å². The van der Waals surface area contributed by atoms with E-state index in [4.69, 9.17) is 37.4 Å². The van der Waals surface area contributed by atoms with E-state index in [2.05, 4.69) is 17.0 Å². The summed E-state index contributed by atoms with van der Waals surface area (Å²) in [4.78, 5) is 32.3. The van der Waals surface area contributed by atoms with Gasteiger partial charge in [0.2, 0.25) is 0 Å². The molecule has 1 aliphatic heterocycles. The lowest BCUT2D eigenvalue weighted by atomic mass is 9.97. The molecule has 6 rings (SSSR count). The highest BCUT2D eigenvalue weighted by atomic mass is 35.5. The summed E-state index contributed by atoms with van der Waals surface area (Å²) in [5.41, 5.74) is 3.01. The van der Waals surface area contributed by atoms with Crippen LogP contribution in [0.15, 0.2) is 34.9 Å². The number of anilines is 1. The number of fused-ring (bicyclic) bond motifs is 1. The minimum absolute atomic E-state index is 0.106. The van der Waals surface area contributed by atoms with E-state index in [1.54, 1.807) is 30.3 Å². The second kappa shape index (κ2) is 10.7. The zero-order chi connectivity index (χ0) is 28.1. The Labute approximate surface area is 244 Å². The van der Waals surface area contributed by atoms with E-state index in [-0.39, 0.29) is 23.6 Å². The van der Waals surface area contributed by atoms with Gasteiger partial charge in [-0.3, -0.25) is 0 Å². The highest BCUT2D eigenvalue weighted by Crippen LogP contribution is 2.46. The Morgan fingerprint density at radius 2 is 1.95 bits per heavy atom. The van der Waals surface area contributed by atoms with Gasteiger partial charge in [0.25, 0.3) is 0 Å². The van der Waals surface area contributed by atoms with Gasteiger partial charge >= 0.3 is 11.9 Å². The van der Waals surface area contributed by atoms with Crippen LogP contribution in [0.1, 0.15) is 77.0 Å². The number of carboxylic acid groups (broad SMARTS) is 1. The number of hydrogen-bond donors (Lipinski definition) is 1. The molecule has 0 amide bonds. The quantitative estimate of drug-likeness (QED) is 0.215. The summed E-state index contributed by atoms with van der Waals surface area (Å²) in [5, 5.41) is 15.3. The summed E-state index contributed by atoms with van der Waals surface area (Å²) in [6.45, 7) is 4.64. The molecule has 1 saturated heterocycles. The monoisotopic (exact) mass is 599 g/mol. The van der Waals surface area contributed by atoms with Gasteiger partial charge < -0.3 is 19.3 Å². The van der Waals surface area contributed by atoms with E-state index in [0.29, 0.717) is 52.0 Å². The van der Waals surface area contributed by atoms with Crippen molar-refractivity contribution in [3.8, 4) is 11.3 Å². The molecule has 208 valence electrons. The number of carboxylic acids is 1. The largest absolute Gasteiger partial charge is 0.478 e. The van der Waals surface area contributed by atoms with Crippen molar-refractivity contribution in [1.82, 2.24) is 10.1 Å². The topological polar surface area (TPSA) is 106 Å². The van der Waals surface area contributed by atoms with Crippen LogP contribution in [0.25, 0.3) is 21.5 Å². The fraction of sp³-hybridized carbons (Fsp3) is 0.379. The van der Waals surface area contributed by atoms with Crippen LogP contribution in [0, 0.1) is 6.92 Å². The number of aromatic carboxylic acids is 1. The van der Waals surface area contributed by atoms with Crippen molar-refractivity contribution in [2.45, 2.75) is 64.0 Å². The highest BCUT2D eigenvalue weighted by Gasteiger charge is 2.39.